The number of hydrogen-bond acceptors (Lipinski definition) is 5. The molecule has 2 aliphatic heterocycles. The summed E-state index contributed by atoms with van der Waals surface area (Å²) in [5.74, 6) is -0.398. The summed E-state index contributed by atoms with van der Waals surface area (Å²) in [6.07, 6.45) is -0.699. The molecular weight excluding hydrogens is 176 g/mol. The average molecular weight is 186 g/mol. The summed E-state index contributed by atoms with van der Waals surface area (Å²) in [7, 11) is 1.32. The zero-order chi connectivity index (χ0) is 9.22. The van der Waals surface area contributed by atoms with Gasteiger partial charge < -0.3 is 19.3 Å². The second-order valence-electron chi connectivity index (χ2n) is 3.76. The van der Waals surface area contributed by atoms with Gasteiger partial charge in [0.05, 0.1) is 13.2 Å². The van der Waals surface area contributed by atoms with Crippen molar-refractivity contribution < 1.29 is 24.1 Å². The lowest BCUT2D eigenvalue weighted by Gasteiger charge is -2.16. The van der Waals surface area contributed by atoms with Gasteiger partial charge in [-0.3, -0.25) is 0 Å². The fourth-order valence-electron chi connectivity index (χ4n) is 2.23. The molecule has 5 nitrogen and oxygen atoms in total. The molecule has 13 heavy (non-hydrogen) atoms. The molecule has 3 fully saturated rings. The lowest BCUT2D eigenvalue weighted by atomic mass is 9.87. The van der Waals surface area contributed by atoms with Crippen LogP contribution in [0.15, 0.2) is 0 Å². The Kier molecular flexibility index (Phi) is 1.22. The zero-order valence-corrected chi connectivity index (χ0v) is 7.10. The molecule has 1 saturated carbocycles. The Bertz CT molecular complexity index is 276. The number of carbonyl (C=O) groups is 1. The van der Waals surface area contributed by atoms with Crippen molar-refractivity contribution in [2.45, 2.75) is 36.4 Å². The van der Waals surface area contributed by atoms with E-state index < -0.39 is 17.7 Å². The van der Waals surface area contributed by atoms with Crippen LogP contribution < -0.4 is 0 Å². The Balaban J connectivity index is 1.84. The SMILES string of the molecule is COC(=O)[C@]12C[C@@H](O)[C@@H]3O[C@@H]3[C@H]1O2. The number of aliphatic hydroxyl groups is 1. The van der Waals surface area contributed by atoms with E-state index in [1.165, 1.54) is 7.11 Å². The second kappa shape index (κ2) is 2.05. The quantitative estimate of drug-likeness (QED) is 0.412. The predicted octanol–water partition coefficient (Wildman–Crippen LogP) is -1.17. The van der Waals surface area contributed by atoms with E-state index in [4.69, 9.17) is 9.47 Å². The van der Waals surface area contributed by atoms with E-state index in [0.29, 0.717) is 6.42 Å². The summed E-state index contributed by atoms with van der Waals surface area (Å²) in [5, 5.41) is 9.51. The van der Waals surface area contributed by atoms with Crippen molar-refractivity contribution in [1.82, 2.24) is 0 Å². The molecule has 0 aromatic rings. The highest BCUT2D eigenvalue weighted by Crippen LogP contribution is 2.56. The monoisotopic (exact) mass is 186 g/mol. The number of rotatable bonds is 1. The number of epoxide rings is 2. The Morgan fingerprint density at radius 2 is 2.38 bits per heavy atom. The van der Waals surface area contributed by atoms with Gasteiger partial charge in [0.15, 0.2) is 5.60 Å². The van der Waals surface area contributed by atoms with Crippen molar-refractivity contribution in [3.63, 3.8) is 0 Å². The van der Waals surface area contributed by atoms with Crippen LogP contribution in [0.4, 0.5) is 0 Å². The number of hydrogen-bond donors (Lipinski definition) is 1. The number of methoxy groups -OCH3 is 1. The first-order chi connectivity index (χ1) is 6.19. The van der Waals surface area contributed by atoms with Gasteiger partial charge in [-0.05, 0) is 0 Å². The van der Waals surface area contributed by atoms with E-state index >= 15 is 0 Å². The average Bonchev–Trinajstić information content (AvgIpc) is 2.93. The largest absolute Gasteiger partial charge is 0.467 e. The molecule has 5 atom stereocenters. The number of esters is 1. The summed E-state index contributed by atoms with van der Waals surface area (Å²) in [6.45, 7) is 0. The van der Waals surface area contributed by atoms with Gasteiger partial charge in [0.25, 0.3) is 0 Å². The fraction of sp³-hybridized carbons (Fsp3) is 0.875. The first kappa shape index (κ1) is 7.73. The third-order valence-electron chi connectivity index (χ3n) is 3.02. The third kappa shape index (κ3) is 0.794. The third-order valence-corrected chi connectivity index (χ3v) is 3.02. The molecule has 0 unspecified atom stereocenters. The molecule has 5 heteroatoms. The van der Waals surface area contributed by atoms with Crippen LogP contribution >= 0.6 is 0 Å². The van der Waals surface area contributed by atoms with Crippen molar-refractivity contribution in [1.29, 1.82) is 0 Å². The van der Waals surface area contributed by atoms with Crippen molar-refractivity contribution in [3.8, 4) is 0 Å². The molecule has 0 aromatic carbocycles. The lowest BCUT2D eigenvalue weighted by Crippen LogP contribution is -2.40. The first-order valence-electron chi connectivity index (χ1n) is 4.29. The van der Waals surface area contributed by atoms with E-state index in [1.54, 1.807) is 0 Å². The first-order valence-corrected chi connectivity index (χ1v) is 4.29. The molecule has 72 valence electrons. The maximum Gasteiger partial charge on any atom is 0.341 e. The molecule has 0 aromatic heterocycles. The van der Waals surface area contributed by atoms with E-state index in [-0.39, 0.29) is 18.3 Å². The van der Waals surface area contributed by atoms with Crippen LogP contribution in [0.2, 0.25) is 0 Å². The van der Waals surface area contributed by atoms with Crippen molar-refractivity contribution in [3.05, 3.63) is 0 Å². The normalized spacial score (nSPS) is 56.2. The standard InChI is InChI=1S/C8H10O5/c1-11-7(10)8-2-3(9)4-5(12-4)6(8)13-8/h3-6,9H,2H2,1H3/t3-,4+,5+,6-,8+/m1/s1. The molecule has 0 amide bonds. The van der Waals surface area contributed by atoms with Gasteiger partial charge in [-0.15, -0.1) is 0 Å². The molecule has 0 radical (unpaired) electrons. The van der Waals surface area contributed by atoms with E-state index in [9.17, 15) is 9.90 Å². The van der Waals surface area contributed by atoms with Crippen molar-refractivity contribution in [2.24, 2.45) is 0 Å². The molecule has 0 bridgehead atoms. The van der Waals surface area contributed by atoms with E-state index in [1.807, 2.05) is 0 Å². The van der Waals surface area contributed by atoms with Gasteiger partial charge >= 0.3 is 5.97 Å². The summed E-state index contributed by atoms with van der Waals surface area (Å²) >= 11 is 0. The molecule has 1 N–H and O–H groups in total. The van der Waals surface area contributed by atoms with Crippen LogP contribution in [0.3, 0.4) is 0 Å². The van der Waals surface area contributed by atoms with Crippen LogP contribution in [-0.2, 0) is 19.0 Å². The van der Waals surface area contributed by atoms with Crippen LogP contribution in [0.25, 0.3) is 0 Å². The van der Waals surface area contributed by atoms with Gasteiger partial charge in [0.2, 0.25) is 0 Å². The second-order valence-corrected chi connectivity index (χ2v) is 3.76. The summed E-state index contributed by atoms with van der Waals surface area (Å²) in [4.78, 5) is 11.3. The highest BCUT2D eigenvalue weighted by atomic mass is 16.7. The number of fused-ring (bicyclic) bond motifs is 3. The van der Waals surface area contributed by atoms with Gasteiger partial charge in [-0.2, -0.15) is 0 Å². The summed E-state index contributed by atoms with van der Waals surface area (Å²) in [6, 6.07) is 0. The van der Waals surface area contributed by atoms with Crippen LogP contribution in [0.1, 0.15) is 6.42 Å². The molecule has 3 aliphatic rings. The maximum atomic E-state index is 11.3. The van der Waals surface area contributed by atoms with E-state index in [2.05, 4.69) is 4.74 Å². The lowest BCUT2D eigenvalue weighted by molar-refractivity contribution is -0.148. The molecular formula is C8H10O5. The van der Waals surface area contributed by atoms with Crippen molar-refractivity contribution >= 4 is 5.97 Å². The highest BCUT2D eigenvalue weighted by Gasteiger charge is 2.77. The highest BCUT2D eigenvalue weighted by molar-refractivity contribution is 5.84. The van der Waals surface area contributed by atoms with Crippen LogP contribution in [-0.4, -0.2) is 48.2 Å². The Morgan fingerprint density at radius 1 is 1.62 bits per heavy atom. The smallest absolute Gasteiger partial charge is 0.341 e. The van der Waals surface area contributed by atoms with Gasteiger partial charge in [0.1, 0.15) is 18.3 Å². The van der Waals surface area contributed by atoms with E-state index in [0.717, 1.165) is 0 Å². The molecule has 2 heterocycles. The zero-order valence-electron chi connectivity index (χ0n) is 7.10. The molecule has 0 spiro atoms. The molecule has 2 saturated heterocycles. The molecule has 3 rings (SSSR count). The summed E-state index contributed by atoms with van der Waals surface area (Å²) < 4.78 is 15.1. The van der Waals surface area contributed by atoms with Crippen LogP contribution in [0.5, 0.6) is 0 Å². The number of aliphatic hydroxyl groups excluding tert-OH is 1. The Morgan fingerprint density at radius 3 is 3.08 bits per heavy atom. The maximum absolute atomic E-state index is 11.3. The van der Waals surface area contributed by atoms with Gasteiger partial charge in [0, 0.05) is 6.42 Å². The van der Waals surface area contributed by atoms with Crippen molar-refractivity contribution in [2.75, 3.05) is 7.11 Å². The Hall–Kier alpha value is -0.650. The predicted molar refractivity (Wildman–Crippen MR) is 38.9 cm³/mol. The topological polar surface area (TPSA) is 71.6 Å². The fourth-order valence-corrected chi connectivity index (χ4v) is 2.23. The molecule has 1 aliphatic carbocycles. The summed E-state index contributed by atoms with van der Waals surface area (Å²) in [5.41, 5.74) is -0.897. The number of ether oxygens (including phenoxy) is 3. The minimum atomic E-state index is -0.897. The van der Waals surface area contributed by atoms with Crippen LogP contribution in [0, 0.1) is 0 Å². The van der Waals surface area contributed by atoms with Gasteiger partial charge in [-0.25, -0.2) is 4.79 Å². The van der Waals surface area contributed by atoms with Gasteiger partial charge in [-0.1, -0.05) is 0 Å². The number of carbonyl (C=O) groups excluding carboxylic acids is 1. The minimum Gasteiger partial charge on any atom is -0.467 e. The Labute approximate surface area is 74.6 Å². The minimum absolute atomic E-state index is 0.0946.